The summed E-state index contributed by atoms with van der Waals surface area (Å²) >= 11 is 0. The standard InChI is InChI=1S/C42H27O3P/c1-3-14-29(15-4-1)37-26-32-19-9-11-21-35(32)39-40-36-22-12-10-20-33(36)27-38(30-16-5-2-6-17-30)42(40)45-46(44-41(37)39)43-34-24-23-28-13-7-8-18-31(28)25-34/h1-27H. The molecule has 8 aromatic carbocycles. The molecule has 0 amide bonds. The SMILES string of the molecule is c1ccc(-c2cc3ccccc3c3c2op(Oc2ccc4ccccc4c2)oc2c(-c4ccccc4)cc4ccccc4c23)cc1. The molecule has 1 aromatic heterocycles. The lowest BCUT2D eigenvalue weighted by Gasteiger charge is -2.12. The Morgan fingerprint density at radius 1 is 0.391 bits per heavy atom. The molecule has 0 bridgehead atoms. The summed E-state index contributed by atoms with van der Waals surface area (Å²) in [5, 5.41) is 8.71. The topological polar surface area (TPSA) is 35.5 Å². The third kappa shape index (κ3) is 4.53. The van der Waals surface area contributed by atoms with Crippen LogP contribution in [0.3, 0.4) is 0 Å². The van der Waals surface area contributed by atoms with Crippen LogP contribution in [0.1, 0.15) is 0 Å². The van der Waals surface area contributed by atoms with E-state index in [9.17, 15) is 0 Å². The zero-order valence-corrected chi connectivity index (χ0v) is 25.7. The minimum absolute atomic E-state index is 0.693. The highest BCUT2D eigenvalue weighted by Crippen LogP contribution is 2.47. The molecule has 1 heterocycles. The molecule has 4 heteroatoms. The van der Waals surface area contributed by atoms with Crippen LogP contribution in [0.25, 0.3) is 76.5 Å². The average molecular weight is 611 g/mol. The van der Waals surface area contributed by atoms with E-state index in [0.717, 1.165) is 76.5 Å². The highest BCUT2D eigenvalue weighted by Gasteiger charge is 2.21. The van der Waals surface area contributed by atoms with Gasteiger partial charge in [-0.2, -0.15) is 0 Å². The van der Waals surface area contributed by atoms with Gasteiger partial charge in [0.1, 0.15) is 5.75 Å². The van der Waals surface area contributed by atoms with E-state index in [2.05, 4.69) is 127 Å². The predicted molar refractivity (Wildman–Crippen MR) is 192 cm³/mol. The fraction of sp³-hybridized carbons (Fsp3) is 0. The van der Waals surface area contributed by atoms with Crippen molar-refractivity contribution in [3.63, 3.8) is 0 Å². The molecule has 0 unspecified atom stereocenters. The molecule has 218 valence electrons. The van der Waals surface area contributed by atoms with Crippen molar-refractivity contribution in [2.45, 2.75) is 0 Å². The van der Waals surface area contributed by atoms with Gasteiger partial charge in [-0.25, -0.2) is 0 Å². The van der Waals surface area contributed by atoms with Crippen LogP contribution >= 0.6 is 8.24 Å². The van der Waals surface area contributed by atoms with Crippen molar-refractivity contribution in [1.82, 2.24) is 0 Å². The largest absolute Gasteiger partial charge is 0.453 e. The van der Waals surface area contributed by atoms with E-state index < -0.39 is 8.24 Å². The van der Waals surface area contributed by atoms with E-state index in [1.54, 1.807) is 0 Å². The maximum Gasteiger partial charge on any atom is 0.453 e. The van der Waals surface area contributed by atoms with Gasteiger partial charge >= 0.3 is 8.24 Å². The van der Waals surface area contributed by atoms with Gasteiger partial charge in [0, 0.05) is 21.9 Å². The average Bonchev–Trinajstić information content (AvgIpc) is 3.29. The summed E-state index contributed by atoms with van der Waals surface area (Å²) in [5.41, 5.74) is 5.63. The van der Waals surface area contributed by atoms with Crippen LogP contribution in [0.5, 0.6) is 5.75 Å². The molecule has 46 heavy (non-hydrogen) atoms. The molecule has 0 fully saturated rings. The Bertz CT molecular complexity index is 2470. The summed E-state index contributed by atoms with van der Waals surface area (Å²) in [6.45, 7) is 0. The monoisotopic (exact) mass is 610 g/mol. The molecule has 3 nitrogen and oxygen atoms in total. The van der Waals surface area contributed by atoms with Crippen LogP contribution in [-0.2, 0) is 0 Å². The van der Waals surface area contributed by atoms with Gasteiger partial charge in [0.05, 0.1) is 0 Å². The molecule has 0 aliphatic heterocycles. The van der Waals surface area contributed by atoms with Crippen molar-refractivity contribution < 1.29 is 12.9 Å². The van der Waals surface area contributed by atoms with E-state index in [0.29, 0.717) is 5.75 Å². The number of hydrogen-bond acceptors (Lipinski definition) is 3. The van der Waals surface area contributed by atoms with E-state index in [-0.39, 0.29) is 0 Å². The first kappa shape index (κ1) is 26.6. The first-order valence-corrected chi connectivity index (χ1v) is 16.5. The second kappa shape index (κ2) is 11.0. The summed E-state index contributed by atoms with van der Waals surface area (Å²) < 4.78 is 20.7. The minimum Gasteiger partial charge on any atom is -0.391 e. The van der Waals surface area contributed by atoms with E-state index in [1.165, 1.54) is 0 Å². The summed E-state index contributed by atoms with van der Waals surface area (Å²) in [6, 6.07) is 56.8. The molecule has 9 aromatic rings. The molecule has 0 radical (unpaired) electrons. The lowest BCUT2D eigenvalue weighted by Crippen LogP contribution is -1.87. The highest BCUT2D eigenvalue weighted by atomic mass is 31.1. The molecule has 0 spiro atoms. The van der Waals surface area contributed by atoms with Crippen molar-refractivity contribution in [1.29, 1.82) is 0 Å². The van der Waals surface area contributed by atoms with Crippen LogP contribution in [0, 0.1) is 0 Å². The summed E-state index contributed by atoms with van der Waals surface area (Å²) in [5.74, 6) is 0.693. The third-order valence-electron chi connectivity index (χ3n) is 8.66. The molecule has 9 rings (SSSR count). The second-order valence-electron chi connectivity index (χ2n) is 11.4. The van der Waals surface area contributed by atoms with Crippen molar-refractivity contribution in [3.05, 3.63) is 164 Å². The van der Waals surface area contributed by atoms with Gasteiger partial charge in [0.2, 0.25) is 0 Å². The predicted octanol–water partition coefficient (Wildman–Crippen LogP) is 12.9. The van der Waals surface area contributed by atoms with Gasteiger partial charge in [-0.05, 0) is 67.7 Å². The van der Waals surface area contributed by atoms with Crippen molar-refractivity contribution in [2.24, 2.45) is 0 Å². The fourth-order valence-corrected chi connectivity index (χ4v) is 7.60. The molecular formula is C42H27O3P. The first-order chi connectivity index (χ1) is 22.8. The lowest BCUT2D eigenvalue weighted by molar-refractivity contribution is 0.499. The van der Waals surface area contributed by atoms with Gasteiger partial charge in [-0.3, -0.25) is 0 Å². The minimum atomic E-state index is -1.93. The Hall–Kier alpha value is -5.76. The summed E-state index contributed by atoms with van der Waals surface area (Å²) in [7, 11) is -1.93. The number of hydrogen-bond donors (Lipinski definition) is 0. The third-order valence-corrected chi connectivity index (χ3v) is 9.68. The molecule has 0 N–H and O–H groups in total. The smallest absolute Gasteiger partial charge is 0.391 e. The maximum atomic E-state index is 7.01. The molecule has 0 atom stereocenters. The van der Waals surface area contributed by atoms with E-state index in [4.69, 9.17) is 12.9 Å². The molecular weight excluding hydrogens is 583 g/mol. The van der Waals surface area contributed by atoms with Crippen LogP contribution in [0.4, 0.5) is 0 Å². The van der Waals surface area contributed by atoms with E-state index in [1.807, 2.05) is 36.4 Å². The molecule has 0 saturated carbocycles. The first-order valence-electron chi connectivity index (χ1n) is 15.4. The van der Waals surface area contributed by atoms with Crippen LogP contribution in [0.2, 0.25) is 0 Å². The normalized spacial score (nSPS) is 11.5. The summed E-state index contributed by atoms with van der Waals surface area (Å²) in [6.07, 6.45) is 0. The van der Waals surface area contributed by atoms with Crippen molar-refractivity contribution in [2.75, 3.05) is 0 Å². The lowest BCUT2D eigenvalue weighted by atomic mass is 9.91. The Morgan fingerprint density at radius 2 is 0.848 bits per heavy atom. The van der Waals surface area contributed by atoms with Crippen LogP contribution in [-0.4, -0.2) is 0 Å². The highest BCUT2D eigenvalue weighted by molar-refractivity contribution is 7.32. The molecule has 0 aliphatic rings. The number of fused-ring (bicyclic) bond motifs is 8. The maximum absolute atomic E-state index is 7.01. The Labute approximate surface area is 266 Å². The van der Waals surface area contributed by atoms with Gasteiger partial charge in [-0.15, -0.1) is 0 Å². The van der Waals surface area contributed by atoms with Gasteiger partial charge < -0.3 is 12.9 Å². The Balaban J connectivity index is 1.49. The quantitative estimate of drug-likeness (QED) is 0.199. The van der Waals surface area contributed by atoms with E-state index >= 15 is 0 Å². The van der Waals surface area contributed by atoms with Crippen LogP contribution < -0.4 is 4.52 Å². The van der Waals surface area contributed by atoms with Crippen LogP contribution in [0.15, 0.2) is 172 Å². The Morgan fingerprint density at radius 3 is 1.39 bits per heavy atom. The Kier molecular flexibility index (Phi) is 6.36. The number of rotatable bonds is 4. The zero-order chi connectivity index (χ0) is 30.5. The van der Waals surface area contributed by atoms with Gasteiger partial charge in [0.25, 0.3) is 0 Å². The zero-order valence-electron chi connectivity index (χ0n) is 24.8. The fourth-order valence-electron chi connectivity index (χ4n) is 6.52. The van der Waals surface area contributed by atoms with Gasteiger partial charge in [-0.1, -0.05) is 140 Å². The van der Waals surface area contributed by atoms with Crippen molar-refractivity contribution >= 4 is 62.5 Å². The van der Waals surface area contributed by atoms with Crippen molar-refractivity contribution in [3.8, 4) is 28.0 Å². The second-order valence-corrected chi connectivity index (χ2v) is 12.4. The number of benzene rings is 8. The summed E-state index contributed by atoms with van der Waals surface area (Å²) in [4.78, 5) is 0. The van der Waals surface area contributed by atoms with Gasteiger partial charge in [0.15, 0.2) is 11.2 Å². The molecule has 0 aliphatic carbocycles. The molecule has 0 saturated heterocycles.